The van der Waals surface area contributed by atoms with Crippen molar-refractivity contribution < 1.29 is 18.9 Å². The van der Waals surface area contributed by atoms with Gasteiger partial charge in [0.15, 0.2) is 0 Å². The van der Waals surface area contributed by atoms with Gasteiger partial charge in [0.05, 0.1) is 11.2 Å². The lowest BCUT2D eigenvalue weighted by Crippen LogP contribution is -2.06. The molecule has 1 aromatic carbocycles. The molecule has 0 saturated carbocycles. The molecule has 2 aromatic heterocycles. The summed E-state index contributed by atoms with van der Waals surface area (Å²) in [5, 5.41) is 11.8. The molecule has 7 heteroatoms. The van der Waals surface area contributed by atoms with E-state index in [1.54, 1.807) is 30.3 Å². The number of esters is 1. The van der Waals surface area contributed by atoms with Gasteiger partial charge in [0, 0.05) is 23.7 Å². The van der Waals surface area contributed by atoms with Crippen LogP contribution < -0.4 is 4.74 Å². The van der Waals surface area contributed by atoms with Crippen LogP contribution in [0.4, 0.5) is 5.69 Å². The van der Waals surface area contributed by atoms with E-state index < -0.39 is 10.9 Å². The molecule has 3 rings (SSSR count). The maximum absolute atomic E-state index is 11.9. The average molecular weight is 310 g/mol. The largest absolute Gasteiger partial charge is 0.465 e. The minimum absolute atomic E-state index is 0.179. The molecule has 23 heavy (non-hydrogen) atoms. The monoisotopic (exact) mass is 310 g/mol. The highest BCUT2D eigenvalue weighted by Crippen LogP contribution is 2.34. The van der Waals surface area contributed by atoms with Crippen LogP contribution in [0.25, 0.3) is 17.0 Å². The fraction of sp³-hybridized carbons (Fsp3) is 0. The van der Waals surface area contributed by atoms with Crippen LogP contribution in [0, 0.1) is 10.1 Å². The van der Waals surface area contributed by atoms with E-state index in [-0.39, 0.29) is 17.0 Å². The summed E-state index contributed by atoms with van der Waals surface area (Å²) in [6.45, 7) is 0. The summed E-state index contributed by atoms with van der Waals surface area (Å²) in [5.74, 6) is -0.475. The number of fused-ring (bicyclic) bond motifs is 1. The Kier molecular flexibility index (Phi) is 3.84. The zero-order valence-corrected chi connectivity index (χ0v) is 11.7. The van der Waals surface area contributed by atoms with Crippen LogP contribution in [-0.4, -0.2) is 15.9 Å². The molecule has 0 atom stereocenters. The number of hydrogen-bond donors (Lipinski definition) is 0. The molecule has 0 bridgehead atoms. The molecule has 0 spiro atoms. The van der Waals surface area contributed by atoms with E-state index >= 15 is 0 Å². The van der Waals surface area contributed by atoms with Crippen molar-refractivity contribution in [1.29, 1.82) is 0 Å². The summed E-state index contributed by atoms with van der Waals surface area (Å²) in [5.41, 5.74) is -0.0719. The number of furan rings is 1. The number of nitro groups is 1. The second kappa shape index (κ2) is 6.10. The van der Waals surface area contributed by atoms with Gasteiger partial charge >= 0.3 is 11.7 Å². The Hall–Kier alpha value is -3.48. The molecule has 7 nitrogen and oxygen atoms in total. The molecular formula is C16H10N2O5. The van der Waals surface area contributed by atoms with Gasteiger partial charge in [-0.3, -0.25) is 15.1 Å². The van der Waals surface area contributed by atoms with E-state index in [9.17, 15) is 14.9 Å². The Balaban J connectivity index is 1.96. The molecule has 3 aromatic rings. The zero-order valence-electron chi connectivity index (χ0n) is 11.7. The number of carbonyl (C=O) groups excluding carboxylic acids is 1. The Bertz CT molecular complexity index is 900. The summed E-state index contributed by atoms with van der Waals surface area (Å²) >= 11 is 0. The Morgan fingerprint density at radius 3 is 2.87 bits per heavy atom. The van der Waals surface area contributed by atoms with Gasteiger partial charge in [-0.2, -0.15) is 0 Å². The lowest BCUT2D eigenvalue weighted by atomic mass is 10.2. The number of carbonyl (C=O) groups is 1. The van der Waals surface area contributed by atoms with Crippen molar-refractivity contribution in [3.63, 3.8) is 0 Å². The van der Waals surface area contributed by atoms with E-state index in [0.29, 0.717) is 11.1 Å². The minimum atomic E-state index is -0.761. The second-order valence-corrected chi connectivity index (χ2v) is 4.52. The van der Waals surface area contributed by atoms with E-state index in [1.807, 2.05) is 0 Å². The van der Waals surface area contributed by atoms with Crippen LogP contribution in [0.1, 0.15) is 5.76 Å². The first kappa shape index (κ1) is 14.5. The Morgan fingerprint density at radius 2 is 2.13 bits per heavy atom. The van der Waals surface area contributed by atoms with Gasteiger partial charge in [0.2, 0.25) is 5.75 Å². The highest BCUT2D eigenvalue weighted by Gasteiger charge is 2.21. The molecule has 2 heterocycles. The number of nitro benzene ring substituents is 1. The SMILES string of the molecule is O=C(/C=C/c1ccco1)Oc1c([N+](=O)[O-])ccc2cccnc12. The third kappa shape index (κ3) is 3.08. The summed E-state index contributed by atoms with van der Waals surface area (Å²) in [4.78, 5) is 26.5. The number of rotatable bonds is 4. The molecule has 0 fully saturated rings. The normalized spacial score (nSPS) is 11.0. The number of benzene rings is 1. The molecule has 0 aliphatic carbocycles. The predicted octanol–water partition coefficient (Wildman–Crippen LogP) is 3.35. The lowest BCUT2D eigenvalue weighted by Gasteiger charge is -2.06. The molecule has 0 aliphatic heterocycles. The lowest BCUT2D eigenvalue weighted by molar-refractivity contribution is -0.385. The van der Waals surface area contributed by atoms with E-state index in [2.05, 4.69) is 4.98 Å². The maximum Gasteiger partial charge on any atom is 0.336 e. The molecule has 0 unspecified atom stereocenters. The zero-order chi connectivity index (χ0) is 16.2. The van der Waals surface area contributed by atoms with Crippen LogP contribution in [-0.2, 0) is 4.79 Å². The van der Waals surface area contributed by atoms with E-state index in [0.717, 1.165) is 6.08 Å². The van der Waals surface area contributed by atoms with Crippen molar-refractivity contribution in [3.8, 4) is 5.75 Å². The van der Waals surface area contributed by atoms with Gasteiger partial charge in [-0.05, 0) is 30.3 Å². The van der Waals surface area contributed by atoms with Crippen LogP contribution >= 0.6 is 0 Å². The quantitative estimate of drug-likeness (QED) is 0.241. The number of aromatic nitrogens is 1. The summed E-state index contributed by atoms with van der Waals surface area (Å²) in [6, 6.07) is 9.58. The molecule has 0 amide bonds. The van der Waals surface area contributed by atoms with E-state index in [1.165, 1.54) is 24.6 Å². The van der Waals surface area contributed by atoms with Gasteiger partial charge in [-0.25, -0.2) is 4.79 Å². The maximum atomic E-state index is 11.9. The summed E-state index contributed by atoms with van der Waals surface area (Å²) in [7, 11) is 0. The summed E-state index contributed by atoms with van der Waals surface area (Å²) in [6.07, 6.45) is 5.48. The number of ether oxygens (including phenoxy) is 1. The summed E-state index contributed by atoms with van der Waals surface area (Å²) < 4.78 is 10.2. The molecular weight excluding hydrogens is 300 g/mol. The van der Waals surface area contributed by atoms with Crippen molar-refractivity contribution >= 4 is 28.6 Å². The number of hydrogen-bond acceptors (Lipinski definition) is 6. The fourth-order valence-electron chi connectivity index (χ4n) is 2.02. The van der Waals surface area contributed by atoms with Gasteiger partial charge in [0.25, 0.3) is 0 Å². The topological polar surface area (TPSA) is 95.5 Å². The van der Waals surface area contributed by atoms with Crippen molar-refractivity contribution in [2.24, 2.45) is 0 Å². The molecule has 114 valence electrons. The van der Waals surface area contributed by atoms with Crippen molar-refractivity contribution in [1.82, 2.24) is 4.98 Å². The molecule has 0 N–H and O–H groups in total. The first-order valence-electron chi connectivity index (χ1n) is 6.60. The van der Waals surface area contributed by atoms with Crippen LogP contribution in [0.3, 0.4) is 0 Å². The third-order valence-electron chi connectivity index (χ3n) is 3.03. The van der Waals surface area contributed by atoms with Gasteiger partial charge in [-0.1, -0.05) is 6.07 Å². The molecule has 0 aliphatic rings. The predicted molar refractivity (Wildman–Crippen MR) is 81.8 cm³/mol. The first-order valence-corrected chi connectivity index (χ1v) is 6.60. The smallest absolute Gasteiger partial charge is 0.336 e. The molecule has 0 radical (unpaired) electrons. The average Bonchev–Trinajstić information content (AvgIpc) is 3.06. The highest BCUT2D eigenvalue weighted by molar-refractivity contribution is 5.94. The highest BCUT2D eigenvalue weighted by atomic mass is 16.6. The van der Waals surface area contributed by atoms with Crippen molar-refractivity contribution in [2.75, 3.05) is 0 Å². The standard InChI is InChI=1S/C16H10N2O5/c19-14(8-6-12-4-2-10-22-12)23-16-13(18(20)21)7-5-11-3-1-9-17-15(11)16/h1-10H/b8-6+. The number of nitrogens with zero attached hydrogens (tertiary/aromatic N) is 2. The number of pyridine rings is 1. The third-order valence-corrected chi connectivity index (χ3v) is 3.03. The second-order valence-electron chi connectivity index (χ2n) is 4.52. The van der Waals surface area contributed by atoms with Gasteiger partial charge < -0.3 is 9.15 Å². The van der Waals surface area contributed by atoms with E-state index in [4.69, 9.17) is 9.15 Å². The molecule has 0 saturated heterocycles. The van der Waals surface area contributed by atoms with Gasteiger partial charge in [0.1, 0.15) is 11.3 Å². The minimum Gasteiger partial charge on any atom is -0.465 e. The Labute approximate surface area is 130 Å². The van der Waals surface area contributed by atoms with Crippen LogP contribution in [0.5, 0.6) is 5.75 Å². The fourth-order valence-corrected chi connectivity index (χ4v) is 2.02. The first-order chi connectivity index (χ1) is 11.1. The Morgan fingerprint density at radius 1 is 1.26 bits per heavy atom. The van der Waals surface area contributed by atoms with Gasteiger partial charge in [-0.15, -0.1) is 0 Å². The van der Waals surface area contributed by atoms with Crippen molar-refractivity contribution in [3.05, 3.63) is 70.8 Å². The van der Waals surface area contributed by atoms with Crippen molar-refractivity contribution in [2.45, 2.75) is 0 Å². The van der Waals surface area contributed by atoms with Crippen LogP contribution in [0.15, 0.2) is 59.4 Å². The van der Waals surface area contributed by atoms with Crippen LogP contribution in [0.2, 0.25) is 0 Å².